The summed E-state index contributed by atoms with van der Waals surface area (Å²) < 4.78 is 31.6. The largest absolute Gasteiger partial charge is 0.495 e. The summed E-state index contributed by atoms with van der Waals surface area (Å²) in [5, 5.41) is 0.276. The topological polar surface area (TPSA) is 55.4 Å². The molecule has 0 aliphatic heterocycles. The second-order valence-electron chi connectivity index (χ2n) is 3.85. The fourth-order valence-electron chi connectivity index (χ4n) is 1.28. The molecule has 1 aromatic rings. The maximum absolute atomic E-state index is 12.1. The van der Waals surface area contributed by atoms with Gasteiger partial charge in [0.15, 0.2) is 0 Å². The van der Waals surface area contributed by atoms with Crippen LogP contribution in [0.3, 0.4) is 0 Å². The van der Waals surface area contributed by atoms with Crippen LogP contribution in [-0.2, 0) is 10.0 Å². The smallest absolute Gasteiger partial charge is 0.242 e. The molecule has 1 atom stereocenters. The van der Waals surface area contributed by atoms with Gasteiger partial charge in [-0.1, -0.05) is 30.1 Å². The van der Waals surface area contributed by atoms with Crippen molar-refractivity contribution in [1.82, 2.24) is 4.72 Å². The van der Waals surface area contributed by atoms with E-state index >= 15 is 0 Å². The standard InChI is InChI=1S/C11H15Cl2NO3S/c1-4-7(2)14-18(15,16)11-6-8(12)10(17-3)5-9(11)13/h5-7,14H,4H2,1-3H3/t7-/m0/s1. The van der Waals surface area contributed by atoms with Gasteiger partial charge < -0.3 is 4.74 Å². The SMILES string of the molecule is CC[C@H](C)NS(=O)(=O)c1cc(Cl)c(OC)cc1Cl. The van der Waals surface area contributed by atoms with Crippen LogP contribution in [0.15, 0.2) is 17.0 Å². The molecule has 0 radical (unpaired) electrons. The average Bonchev–Trinajstić information content (AvgIpc) is 2.30. The van der Waals surface area contributed by atoms with Gasteiger partial charge in [-0.15, -0.1) is 0 Å². The molecule has 0 saturated heterocycles. The Labute approximate surface area is 117 Å². The van der Waals surface area contributed by atoms with Gasteiger partial charge in [0.1, 0.15) is 10.6 Å². The molecule has 0 unspecified atom stereocenters. The molecule has 0 aliphatic rings. The van der Waals surface area contributed by atoms with Crippen molar-refractivity contribution in [2.45, 2.75) is 31.2 Å². The molecule has 0 aliphatic carbocycles. The number of sulfonamides is 1. The van der Waals surface area contributed by atoms with Crippen molar-refractivity contribution < 1.29 is 13.2 Å². The van der Waals surface area contributed by atoms with Crippen molar-refractivity contribution in [2.24, 2.45) is 0 Å². The van der Waals surface area contributed by atoms with Crippen molar-refractivity contribution in [3.8, 4) is 5.75 Å². The molecule has 0 bridgehead atoms. The van der Waals surface area contributed by atoms with Crippen LogP contribution in [0.25, 0.3) is 0 Å². The van der Waals surface area contributed by atoms with Crippen LogP contribution in [0.2, 0.25) is 10.0 Å². The van der Waals surface area contributed by atoms with Gasteiger partial charge in [0.05, 0.1) is 17.2 Å². The maximum Gasteiger partial charge on any atom is 0.242 e. The van der Waals surface area contributed by atoms with Crippen molar-refractivity contribution in [3.63, 3.8) is 0 Å². The minimum atomic E-state index is -3.67. The zero-order valence-electron chi connectivity index (χ0n) is 10.3. The summed E-state index contributed by atoms with van der Waals surface area (Å²) in [6.45, 7) is 3.66. The molecule has 0 fully saturated rings. The van der Waals surface area contributed by atoms with Crippen molar-refractivity contribution in [1.29, 1.82) is 0 Å². The lowest BCUT2D eigenvalue weighted by Gasteiger charge is -2.14. The van der Waals surface area contributed by atoms with Crippen LogP contribution in [0.5, 0.6) is 5.75 Å². The fourth-order valence-corrected chi connectivity index (χ4v) is 3.46. The van der Waals surface area contributed by atoms with Gasteiger partial charge in [-0.3, -0.25) is 0 Å². The summed E-state index contributed by atoms with van der Waals surface area (Å²) in [5.74, 6) is 0.337. The fraction of sp³-hybridized carbons (Fsp3) is 0.455. The van der Waals surface area contributed by atoms with Crippen LogP contribution >= 0.6 is 23.2 Å². The molecule has 1 N–H and O–H groups in total. The number of methoxy groups -OCH3 is 1. The third-order valence-corrected chi connectivity index (χ3v) is 4.81. The Morgan fingerprint density at radius 2 is 1.94 bits per heavy atom. The normalized spacial score (nSPS) is 13.4. The van der Waals surface area contributed by atoms with E-state index in [4.69, 9.17) is 27.9 Å². The average molecular weight is 312 g/mol. The zero-order chi connectivity index (χ0) is 13.9. The van der Waals surface area contributed by atoms with E-state index in [9.17, 15) is 8.42 Å². The van der Waals surface area contributed by atoms with Crippen molar-refractivity contribution in [3.05, 3.63) is 22.2 Å². The van der Waals surface area contributed by atoms with E-state index in [-0.39, 0.29) is 21.0 Å². The summed E-state index contributed by atoms with van der Waals surface area (Å²) in [4.78, 5) is -0.0460. The van der Waals surface area contributed by atoms with E-state index in [1.54, 1.807) is 6.92 Å². The molecule has 1 aromatic carbocycles. The van der Waals surface area contributed by atoms with Crippen molar-refractivity contribution >= 4 is 33.2 Å². The van der Waals surface area contributed by atoms with Crippen molar-refractivity contribution in [2.75, 3.05) is 7.11 Å². The van der Waals surface area contributed by atoms with Gasteiger partial charge in [-0.25, -0.2) is 13.1 Å². The molecule has 0 spiro atoms. The Morgan fingerprint density at radius 1 is 1.33 bits per heavy atom. The lowest BCUT2D eigenvalue weighted by molar-refractivity contribution is 0.414. The summed E-state index contributed by atoms with van der Waals surface area (Å²) in [7, 11) is -2.24. The molecular formula is C11H15Cl2NO3S. The number of hydrogen-bond acceptors (Lipinski definition) is 3. The highest BCUT2D eigenvalue weighted by molar-refractivity contribution is 7.89. The number of rotatable bonds is 5. The number of ether oxygens (including phenoxy) is 1. The third kappa shape index (κ3) is 3.51. The van der Waals surface area contributed by atoms with Crippen LogP contribution in [-0.4, -0.2) is 21.6 Å². The molecule has 7 heteroatoms. The van der Waals surface area contributed by atoms with E-state index in [0.29, 0.717) is 12.2 Å². The molecule has 102 valence electrons. The quantitative estimate of drug-likeness (QED) is 0.909. The van der Waals surface area contributed by atoms with Gasteiger partial charge in [-0.05, 0) is 19.4 Å². The second kappa shape index (κ2) is 6.10. The lowest BCUT2D eigenvalue weighted by atomic mass is 10.3. The van der Waals surface area contributed by atoms with Gasteiger partial charge in [0, 0.05) is 12.1 Å². The molecule has 0 aromatic heterocycles. The van der Waals surface area contributed by atoms with Crippen LogP contribution < -0.4 is 9.46 Å². The highest BCUT2D eigenvalue weighted by Gasteiger charge is 2.21. The van der Waals surface area contributed by atoms with Gasteiger partial charge in [-0.2, -0.15) is 0 Å². The van der Waals surface area contributed by atoms with Gasteiger partial charge >= 0.3 is 0 Å². The van der Waals surface area contributed by atoms with Gasteiger partial charge in [0.25, 0.3) is 0 Å². The van der Waals surface area contributed by atoms with Crippen LogP contribution in [0.1, 0.15) is 20.3 Å². The van der Waals surface area contributed by atoms with E-state index in [0.717, 1.165) is 0 Å². The number of halogens is 2. The maximum atomic E-state index is 12.1. The van der Waals surface area contributed by atoms with E-state index in [2.05, 4.69) is 4.72 Å². The Hall–Kier alpha value is -0.490. The third-order valence-electron chi connectivity index (χ3n) is 2.46. The zero-order valence-corrected chi connectivity index (χ0v) is 12.7. The van der Waals surface area contributed by atoms with E-state index in [1.807, 2.05) is 6.92 Å². The first kappa shape index (κ1) is 15.6. The Morgan fingerprint density at radius 3 is 2.44 bits per heavy atom. The van der Waals surface area contributed by atoms with E-state index in [1.165, 1.54) is 19.2 Å². The number of nitrogens with one attached hydrogen (secondary N) is 1. The highest BCUT2D eigenvalue weighted by Crippen LogP contribution is 2.33. The second-order valence-corrected chi connectivity index (χ2v) is 6.34. The molecule has 18 heavy (non-hydrogen) atoms. The predicted octanol–water partition coefficient (Wildman–Crippen LogP) is 3.08. The number of benzene rings is 1. The summed E-state index contributed by atoms with van der Waals surface area (Å²) in [5.41, 5.74) is 0. The monoisotopic (exact) mass is 311 g/mol. The summed E-state index contributed by atoms with van der Waals surface area (Å²) >= 11 is 11.8. The summed E-state index contributed by atoms with van der Waals surface area (Å²) in [6.07, 6.45) is 0.681. The Balaban J connectivity index is 3.21. The predicted molar refractivity (Wildman–Crippen MR) is 73.1 cm³/mol. The molecule has 0 heterocycles. The molecule has 4 nitrogen and oxygen atoms in total. The summed E-state index contributed by atoms with van der Waals surface area (Å²) in [6, 6.07) is 2.50. The highest BCUT2D eigenvalue weighted by atomic mass is 35.5. The Kier molecular flexibility index (Phi) is 5.28. The molecule has 0 saturated carbocycles. The van der Waals surface area contributed by atoms with Gasteiger partial charge in [0.2, 0.25) is 10.0 Å². The first-order valence-corrected chi connectivity index (χ1v) is 7.61. The minimum Gasteiger partial charge on any atom is -0.495 e. The first-order chi connectivity index (χ1) is 8.31. The van der Waals surface area contributed by atoms with Crippen LogP contribution in [0.4, 0.5) is 0 Å². The lowest BCUT2D eigenvalue weighted by Crippen LogP contribution is -2.32. The first-order valence-electron chi connectivity index (χ1n) is 5.37. The van der Waals surface area contributed by atoms with E-state index < -0.39 is 10.0 Å². The minimum absolute atomic E-state index is 0.0460. The molecular weight excluding hydrogens is 297 g/mol. The number of hydrogen-bond donors (Lipinski definition) is 1. The Bertz CT molecular complexity index is 531. The molecule has 1 rings (SSSR count). The molecule has 0 amide bonds. The van der Waals surface area contributed by atoms with Crippen LogP contribution in [0, 0.1) is 0 Å².